The predicted octanol–water partition coefficient (Wildman–Crippen LogP) is 0.289. The lowest BCUT2D eigenvalue weighted by Gasteiger charge is -2.14. The summed E-state index contributed by atoms with van der Waals surface area (Å²) in [6, 6.07) is 6.33. The minimum Gasteiger partial charge on any atom is -0.462 e. The van der Waals surface area contributed by atoms with Crippen LogP contribution in [0.15, 0.2) is 33.9 Å². The van der Waals surface area contributed by atoms with Gasteiger partial charge in [-0.2, -0.15) is 4.98 Å². The van der Waals surface area contributed by atoms with Crippen molar-refractivity contribution in [3.8, 4) is 0 Å². The molecule has 3 heterocycles. The van der Waals surface area contributed by atoms with Crippen molar-refractivity contribution < 1.29 is 14.3 Å². The Morgan fingerprint density at radius 1 is 1.11 bits per heavy atom. The highest BCUT2D eigenvalue weighted by Gasteiger charge is 2.34. The van der Waals surface area contributed by atoms with E-state index in [4.69, 9.17) is 4.74 Å². The molecule has 0 bridgehead atoms. The molecule has 3 aromatic rings. The standard InChI is InChI=1S/C18H17N5O5/c1-4-28-16(26)10-5-7-11(8-6-10)23-12(24)9-22-13-14(19-17(22)23)20(2)18(27)21(3)15(13)25/h5-8H,4,9H2,1-3H3. The summed E-state index contributed by atoms with van der Waals surface area (Å²) in [7, 11) is 2.90. The van der Waals surface area contributed by atoms with E-state index < -0.39 is 17.2 Å². The van der Waals surface area contributed by atoms with Crippen molar-refractivity contribution in [2.75, 3.05) is 11.5 Å². The molecular formula is C18H17N5O5. The molecule has 1 aliphatic heterocycles. The van der Waals surface area contributed by atoms with Gasteiger partial charge in [0.25, 0.3) is 11.5 Å². The second-order valence-electron chi connectivity index (χ2n) is 6.37. The van der Waals surface area contributed by atoms with E-state index in [-0.39, 0.29) is 36.2 Å². The van der Waals surface area contributed by atoms with Crippen LogP contribution in [0.2, 0.25) is 0 Å². The maximum Gasteiger partial charge on any atom is 0.338 e. The van der Waals surface area contributed by atoms with Crippen LogP contribution in [0, 0.1) is 0 Å². The zero-order chi connectivity index (χ0) is 20.2. The first-order valence-electron chi connectivity index (χ1n) is 8.61. The molecule has 0 spiro atoms. The number of anilines is 2. The first kappa shape index (κ1) is 17.7. The molecule has 0 unspecified atom stereocenters. The fraction of sp³-hybridized carbons (Fsp3) is 0.278. The first-order valence-corrected chi connectivity index (χ1v) is 8.61. The minimum absolute atomic E-state index is 0.0705. The number of carbonyl (C=O) groups is 2. The molecule has 4 rings (SSSR count). The van der Waals surface area contributed by atoms with Crippen molar-refractivity contribution in [2.24, 2.45) is 14.1 Å². The highest BCUT2D eigenvalue weighted by atomic mass is 16.5. The van der Waals surface area contributed by atoms with Gasteiger partial charge < -0.3 is 4.74 Å². The number of esters is 1. The summed E-state index contributed by atoms with van der Waals surface area (Å²) in [6.07, 6.45) is 0. The molecule has 0 aliphatic carbocycles. The summed E-state index contributed by atoms with van der Waals surface area (Å²) in [4.78, 5) is 54.9. The number of imidazole rings is 1. The number of carbonyl (C=O) groups excluding carboxylic acids is 2. The summed E-state index contributed by atoms with van der Waals surface area (Å²) >= 11 is 0. The van der Waals surface area contributed by atoms with Gasteiger partial charge in [-0.05, 0) is 31.2 Å². The fourth-order valence-electron chi connectivity index (χ4n) is 3.29. The van der Waals surface area contributed by atoms with E-state index in [2.05, 4.69) is 4.98 Å². The third-order valence-electron chi connectivity index (χ3n) is 4.71. The smallest absolute Gasteiger partial charge is 0.338 e. The fourth-order valence-corrected chi connectivity index (χ4v) is 3.29. The van der Waals surface area contributed by atoms with Gasteiger partial charge >= 0.3 is 11.7 Å². The molecule has 10 nitrogen and oxygen atoms in total. The van der Waals surface area contributed by atoms with Crippen LogP contribution in [-0.2, 0) is 30.2 Å². The molecule has 0 saturated heterocycles. The summed E-state index contributed by atoms with van der Waals surface area (Å²) < 4.78 is 8.71. The van der Waals surface area contributed by atoms with Crippen LogP contribution in [0.1, 0.15) is 17.3 Å². The van der Waals surface area contributed by atoms with Gasteiger partial charge in [0.2, 0.25) is 5.95 Å². The molecular weight excluding hydrogens is 366 g/mol. The van der Waals surface area contributed by atoms with Crippen molar-refractivity contribution in [3.05, 3.63) is 50.7 Å². The van der Waals surface area contributed by atoms with E-state index >= 15 is 0 Å². The number of rotatable bonds is 3. The Morgan fingerprint density at radius 2 is 1.79 bits per heavy atom. The lowest BCUT2D eigenvalue weighted by atomic mass is 10.2. The maximum atomic E-state index is 12.6. The van der Waals surface area contributed by atoms with Crippen LogP contribution in [-0.4, -0.2) is 37.2 Å². The van der Waals surface area contributed by atoms with Crippen molar-refractivity contribution in [1.29, 1.82) is 0 Å². The molecule has 0 N–H and O–H groups in total. The summed E-state index contributed by atoms with van der Waals surface area (Å²) in [5, 5.41) is 0. The highest BCUT2D eigenvalue weighted by Crippen LogP contribution is 2.32. The number of benzene rings is 1. The number of aryl methyl sites for hydroxylation is 1. The highest BCUT2D eigenvalue weighted by molar-refractivity contribution is 6.04. The Bertz CT molecular complexity index is 1250. The number of hydrogen-bond acceptors (Lipinski definition) is 6. The molecule has 2 aromatic heterocycles. The molecule has 0 atom stereocenters. The molecule has 1 amide bonds. The van der Waals surface area contributed by atoms with Gasteiger partial charge in [0, 0.05) is 14.1 Å². The molecule has 1 aliphatic rings. The Kier molecular flexibility index (Phi) is 3.91. The zero-order valence-corrected chi connectivity index (χ0v) is 15.5. The Hall–Kier alpha value is -3.69. The number of fused-ring (bicyclic) bond motifs is 3. The molecule has 0 saturated carbocycles. The first-order chi connectivity index (χ1) is 13.3. The monoisotopic (exact) mass is 383 g/mol. The second kappa shape index (κ2) is 6.19. The largest absolute Gasteiger partial charge is 0.462 e. The molecule has 28 heavy (non-hydrogen) atoms. The summed E-state index contributed by atoms with van der Waals surface area (Å²) in [5.41, 5.74) is 0.258. The van der Waals surface area contributed by atoms with E-state index in [1.54, 1.807) is 31.2 Å². The number of aromatic nitrogens is 4. The van der Waals surface area contributed by atoms with Gasteiger partial charge in [0.05, 0.1) is 17.9 Å². The molecule has 1 aromatic carbocycles. The van der Waals surface area contributed by atoms with Gasteiger partial charge in [0.1, 0.15) is 6.54 Å². The van der Waals surface area contributed by atoms with Crippen LogP contribution in [0.4, 0.5) is 11.6 Å². The summed E-state index contributed by atoms with van der Waals surface area (Å²) in [6.45, 7) is 1.92. The SMILES string of the molecule is CCOC(=O)c1ccc(N2C(=O)Cn3c2nc2c3c(=O)n(C)c(=O)n2C)cc1. The van der Waals surface area contributed by atoms with Gasteiger partial charge in [-0.1, -0.05) is 0 Å². The third-order valence-corrected chi connectivity index (χ3v) is 4.71. The van der Waals surface area contributed by atoms with E-state index in [0.29, 0.717) is 11.3 Å². The van der Waals surface area contributed by atoms with Crippen LogP contribution >= 0.6 is 0 Å². The Morgan fingerprint density at radius 3 is 2.43 bits per heavy atom. The average Bonchev–Trinajstić information content (AvgIpc) is 3.19. The van der Waals surface area contributed by atoms with Gasteiger partial charge in [-0.15, -0.1) is 0 Å². The van der Waals surface area contributed by atoms with E-state index in [0.717, 1.165) is 4.57 Å². The summed E-state index contributed by atoms with van der Waals surface area (Å²) in [5.74, 6) is -0.473. The predicted molar refractivity (Wildman–Crippen MR) is 99.8 cm³/mol. The van der Waals surface area contributed by atoms with Gasteiger partial charge in [-0.3, -0.25) is 23.3 Å². The lowest BCUT2D eigenvalue weighted by molar-refractivity contribution is -0.117. The molecule has 0 radical (unpaired) electrons. The number of ether oxygens (including phenoxy) is 1. The molecule has 10 heteroatoms. The van der Waals surface area contributed by atoms with Crippen molar-refractivity contribution in [3.63, 3.8) is 0 Å². The van der Waals surface area contributed by atoms with E-state index in [1.165, 1.54) is 28.1 Å². The van der Waals surface area contributed by atoms with Crippen molar-refractivity contribution in [2.45, 2.75) is 13.5 Å². The van der Waals surface area contributed by atoms with Gasteiger partial charge in [0.15, 0.2) is 11.2 Å². The Labute approximate surface area is 158 Å². The average molecular weight is 383 g/mol. The zero-order valence-electron chi connectivity index (χ0n) is 15.5. The number of nitrogens with zero attached hydrogens (tertiary/aromatic N) is 5. The third kappa shape index (κ3) is 2.38. The van der Waals surface area contributed by atoms with Gasteiger partial charge in [-0.25, -0.2) is 14.5 Å². The second-order valence-corrected chi connectivity index (χ2v) is 6.37. The lowest BCUT2D eigenvalue weighted by Crippen LogP contribution is -2.37. The minimum atomic E-state index is -0.510. The number of amides is 1. The maximum absolute atomic E-state index is 12.6. The molecule has 144 valence electrons. The normalized spacial score (nSPS) is 13.2. The van der Waals surface area contributed by atoms with Crippen LogP contribution in [0.5, 0.6) is 0 Å². The topological polar surface area (TPSA) is 108 Å². The van der Waals surface area contributed by atoms with Crippen LogP contribution in [0.3, 0.4) is 0 Å². The van der Waals surface area contributed by atoms with E-state index in [1.807, 2.05) is 0 Å². The quantitative estimate of drug-likeness (QED) is 0.602. The van der Waals surface area contributed by atoms with Crippen LogP contribution in [0.25, 0.3) is 11.2 Å². The molecule has 0 fully saturated rings. The van der Waals surface area contributed by atoms with Crippen molar-refractivity contribution in [1.82, 2.24) is 18.7 Å². The van der Waals surface area contributed by atoms with Crippen molar-refractivity contribution >= 4 is 34.7 Å². The number of hydrogen-bond donors (Lipinski definition) is 0. The Balaban J connectivity index is 1.85. The van der Waals surface area contributed by atoms with E-state index in [9.17, 15) is 19.2 Å². The van der Waals surface area contributed by atoms with Crippen LogP contribution < -0.4 is 16.1 Å².